The summed E-state index contributed by atoms with van der Waals surface area (Å²) in [4.78, 5) is 23.8. The summed E-state index contributed by atoms with van der Waals surface area (Å²) in [5, 5.41) is 12.8. The molecule has 126 valence electrons. The Morgan fingerprint density at radius 2 is 2.33 bits per heavy atom. The highest BCUT2D eigenvalue weighted by Gasteiger charge is 2.14. The third-order valence-corrected chi connectivity index (χ3v) is 3.89. The van der Waals surface area contributed by atoms with Crippen LogP contribution in [0.3, 0.4) is 0 Å². The summed E-state index contributed by atoms with van der Waals surface area (Å²) in [5.74, 6) is -0.308. The summed E-state index contributed by atoms with van der Waals surface area (Å²) in [6, 6.07) is 1.67. The molecule has 0 spiro atoms. The van der Waals surface area contributed by atoms with Crippen molar-refractivity contribution < 1.29 is 19.4 Å². The molecule has 0 bridgehead atoms. The predicted molar refractivity (Wildman–Crippen MR) is 86.3 cm³/mol. The molecule has 1 unspecified atom stereocenters. The van der Waals surface area contributed by atoms with Crippen molar-refractivity contribution in [3.05, 3.63) is 34.9 Å². The smallest absolute Gasteiger partial charge is 0.339 e. The van der Waals surface area contributed by atoms with Crippen molar-refractivity contribution in [2.75, 3.05) is 18.9 Å². The van der Waals surface area contributed by atoms with E-state index in [0.29, 0.717) is 16.7 Å². The van der Waals surface area contributed by atoms with Crippen LogP contribution >= 0.6 is 11.3 Å². The first-order valence-electron chi connectivity index (χ1n) is 7.02. The van der Waals surface area contributed by atoms with Gasteiger partial charge in [0.1, 0.15) is 25.0 Å². The fourth-order valence-electron chi connectivity index (χ4n) is 1.94. The molecule has 1 atom stereocenters. The molecular weight excluding hydrogens is 334 g/mol. The fourth-order valence-corrected chi connectivity index (χ4v) is 2.56. The topological polar surface area (TPSA) is 125 Å². The second kappa shape index (κ2) is 7.34. The molecule has 0 saturated carbocycles. The van der Waals surface area contributed by atoms with Crippen LogP contribution in [0.15, 0.2) is 29.4 Å². The lowest BCUT2D eigenvalue weighted by molar-refractivity contribution is -0.0558. The van der Waals surface area contributed by atoms with Gasteiger partial charge in [-0.2, -0.15) is 16.3 Å². The molecule has 3 aromatic heterocycles. The molecule has 3 rings (SSSR count). The number of carbonyl (C=O) groups excluding carboxylic acids is 1. The Morgan fingerprint density at radius 3 is 3.08 bits per heavy atom. The molecule has 0 radical (unpaired) electrons. The minimum absolute atomic E-state index is 0.0543. The monoisotopic (exact) mass is 349 g/mol. The first-order chi connectivity index (χ1) is 11.7. The largest absolute Gasteiger partial charge is 0.459 e. The van der Waals surface area contributed by atoms with E-state index in [0.717, 1.165) is 0 Å². The summed E-state index contributed by atoms with van der Waals surface area (Å²) in [7, 11) is 0. The average Bonchev–Trinajstić information content (AvgIpc) is 3.24. The zero-order valence-corrected chi connectivity index (χ0v) is 13.3. The van der Waals surface area contributed by atoms with E-state index in [1.54, 1.807) is 27.6 Å². The van der Waals surface area contributed by atoms with Crippen LogP contribution in [-0.4, -0.2) is 49.9 Å². The zero-order chi connectivity index (χ0) is 16.9. The van der Waals surface area contributed by atoms with E-state index < -0.39 is 12.1 Å². The summed E-state index contributed by atoms with van der Waals surface area (Å²) in [5.41, 5.74) is 7.08. The van der Waals surface area contributed by atoms with Crippen molar-refractivity contribution in [2.45, 2.75) is 12.8 Å². The highest BCUT2D eigenvalue weighted by atomic mass is 32.1. The van der Waals surface area contributed by atoms with Gasteiger partial charge in [-0.25, -0.2) is 14.8 Å². The third kappa shape index (κ3) is 3.67. The Balaban J connectivity index is 1.56. The number of imidazole rings is 1. The van der Waals surface area contributed by atoms with Gasteiger partial charge >= 0.3 is 5.97 Å². The lowest BCUT2D eigenvalue weighted by Crippen LogP contribution is -2.26. The Bertz CT molecular complexity index is 820. The fraction of sp³-hybridized carbons (Fsp3) is 0.286. The number of anilines is 1. The molecular formula is C14H15N5O4S. The summed E-state index contributed by atoms with van der Waals surface area (Å²) < 4.78 is 12.3. The van der Waals surface area contributed by atoms with Crippen LogP contribution in [0.2, 0.25) is 0 Å². The SMILES string of the molecule is Nc1ncc2c(ncn2COC(CO)COC(=O)c2ccsc2)n1. The molecule has 10 heteroatoms. The number of aromatic nitrogens is 4. The first-order valence-corrected chi connectivity index (χ1v) is 7.97. The van der Waals surface area contributed by atoms with Crippen LogP contribution < -0.4 is 5.73 Å². The Kier molecular flexibility index (Phi) is 4.99. The molecule has 3 N–H and O–H groups in total. The molecule has 0 aliphatic carbocycles. The Morgan fingerprint density at radius 1 is 1.46 bits per heavy atom. The summed E-state index contributed by atoms with van der Waals surface area (Å²) in [6.45, 7) is -0.237. The van der Waals surface area contributed by atoms with Crippen molar-refractivity contribution in [2.24, 2.45) is 0 Å². The number of aliphatic hydroxyl groups is 1. The molecule has 3 aromatic rings. The van der Waals surface area contributed by atoms with Gasteiger partial charge in [-0.1, -0.05) is 0 Å². The van der Waals surface area contributed by atoms with Crippen molar-refractivity contribution in [3.63, 3.8) is 0 Å². The highest BCUT2D eigenvalue weighted by Crippen LogP contribution is 2.11. The second-order valence-electron chi connectivity index (χ2n) is 4.86. The lowest BCUT2D eigenvalue weighted by Gasteiger charge is -2.16. The second-order valence-corrected chi connectivity index (χ2v) is 5.64. The van der Waals surface area contributed by atoms with Crippen molar-refractivity contribution in [1.29, 1.82) is 0 Å². The lowest BCUT2D eigenvalue weighted by atomic mass is 10.3. The number of hydrogen-bond acceptors (Lipinski definition) is 9. The quantitative estimate of drug-likeness (QED) is 0.596. The standard InChI is InChI=1S/C14H15N5O4S/c15-14-16-3-11-12(18-14)17-7-19(11)8-23-10(4-20)5-22-13(21)9-1-2-24-6-9/h1-3,6-7,10,20H,4-5,8H2,(H2,15,16,18). The maximum atomic E-state index is 11.8. The third-order valence-electron chi connectivity index (χ3n) is 3.21. The molecule has 3 heterocycles. The van der Waals surface area contributed by atoms with Crippen molar-refractivity contribution in [3.8, 4) is 0 Å². The van der Waals surface area contributed by atoms with Gasteiger partial charge in [0, 0.05) is 5.38 Å². The number of ether oxygens (including phenoxy) is 2. The van der Waals surface area contributed by atoms with E-state index in [-0.39, 0.29) is 25.9 Å². The molecule has 0 fully saturated rings. The van der Waals surface area contributed by atoms with Crippen LogP contribution in [0, 0.1) is 0 Å². The number of fused-ring (bicyclic) bond motifs is 1. The van der Waals surface area contributed by atoms with Gasteiger partial charge in [-0.05, 0) is 11.4 Å². The van der Waals surface area contributed by atoms with Gasteiger partial charge in [0.15, 0.2) is 5.65 Å². The maximum absolute atomic E-state index is 11.8. The van der Waals surface area contributed by atoms with Gasteiger partial charge in [0.25, 0.3) is 0 Å². The first kappa shape index (κ1) is 16.3. The minimum Gasteiger partial charge on any atom is -0.459 e. The molecule has 0 aliphatic heterocycles. The summed E-state index contributed by atoms with van der Waals surface area (Å²) >= 11 is 1.41. The van der Waals surface area contributed by atoms with E-state index >= 15 is 0 Å². The van der Waals surface area contributed by atoms with Gasteiger partial charge in [0.2, 0.25) is 5.95 Å². The van der Waals surface area contributed by atoms with Crippen LogP contribution in [0.1, 0.15) is 10.4 Å². The van der Waals surface area contributed by atoms with Gasteiger partial charge < -0.3 is 24.9 Å². The number of rotatable bonds is 7. The average molecular weight is 349 g/mol. The van der Waals surface area contributed by atoms with Crippen molar-refractivity contribution >= 4 is 34.4 Å². The van der Waals surface area contributed by atoms with Gasteiger partial charge in [-0.15, -0.1) is 0 Å². The van der Waals surface area contributed by atoms with Crippen LogP contribution in [0.25, 0.3) is 11.2 Å². The number of aliphatic hydroxyl groups excluding tert-OH is 1. The number of hydrogen-bond donors (Lipinski definition) is 2. The van der Waals surface area contributed by atoms with E-state index in [4.69, 9.17) is 15.2 Å². The zero-order valence-electron chi connectivity index (χ0n) is 12.5. The number of nitrogen functional groups attached to an aromatic ring is 1. The number of carbonyl (C=O) groups is 1. The Labute approximate surface area is 140 Å². The van der Waals surface area contributed by atoms with Gasteiger partial charge in [-0.3, -0.25) is 0 Å². The highest BCUT2D eigenvalue weighted by molar-refractivity contribution is 7.08. The summed E-state index contributed by atoms with van der Waals surface area (Å²) in [6.07, 6.45) is 2.42. The molecule has 0 saturated heterocycles. The number of esters is 1. The maximum Gasteiger partial charge on any atom is 0.339 e. The number of nitrogens with two attached hydrogens (primary N) is 1. The van der Waals surface area contributed by atoms with Crippen molar-refractivity contribution in [1.82, 2.24) is 19.5 Å². The van der Waals surface area contributed by atoms with Crippen LogP contribution in [0.5, 0.6) is 0 Å². The normalized spacial score (nSPS) is 12.4. The number of thiophene rings is 1. The van der Waals surface area contributed by atoms with E-state index in [9.17, 15) is 9.90 Å². The molecule has 0 aromatic carbocycles. The minimum atomic E-state index is -0.653. The molecule has 9 nitrogen and oxygen atoms in total. The molecule has 0 aliphatic rings. The molecule has 24 heavy (non-hydrogen) atoms. The molecule has 0 amide bonds. The van der Waals surface area contributed by atoms with Crippen LogP contribution in [0.4, 0.5) is 5.95 Å². The van der Waals surface area contributed by atoms with E-state index in [1.165, 1.54) is 17.7 Å². The number of nitrogens with zero attached hydrogens (tertiary/aromatic N) is 4. The Hall–Kier alpha value is -2.56. The van der Waals surface area contributed by atoms with E-state index in [2.05, 4.69) is 15.0 Å². The van der Waals surface area contributed by atoms with E-state index in [1.807, 2.05) is 0 Å². The predicted octanol–water partition coefficient (Wildman–Crippen LogP) is 0.662. The van der Waals surface area contributed by atoms with Crippen LogP contribution in [-0.2, 0) is 16.2 Å². The van der Waals surface area contributed by atoms with Gasteiger partial charge in [0.05, 0.1) is 24.7 Å².